The Hall–Kier alpha value is -2.52. The van der Waals surface area contributed by atoms with E-state index in [9.17, 15) is 22.0 Å². The molecule has 0 aromatic heterocycles. The van der Waals surface area contributed by atoms with Gasteiger partial charge in [-0.15, -0.1) is 0 Å². The van der Waals surface area contributed by atoms with E-state index in [2.05, 4.69) is 10.1 Å². The number of ether oxygens (including phenoxy) is 1. The lowest BCUT2D eigenvalue weighted by atomic mass is 10.2. The number of amides is 1. The Balaban J connectivity index is 1.66. The monoisotopic (exact) mass is 424 g/mol. The SMILES string of the molecule is O=C(Nc1ccc(S(=O)(=O)N2CCCCCC2)cc1)c1ccc(OC(F)F)cc1. The fourth-order valence-corrected chi connectivity index (χ4v) is 4.65. The smallest absolute Gasteiger partial charge is 0.387 e. The van der Waals surface area contributed by atoms with E-state index < -0.39 is 22.5 Å². The van der Waals surface area contributed by atoms with Gasteiger partial charge in [-0.25, -0.2) is 8.42 Å². The molecule has 1 saturated heterocycles. The van der Waals surface area contributed by atoms with Gasteiger partial charge < -0.3 is 10.1 Å². The fourth-order valence-electron chi connectivity index (χ4n) is 3.13. The molecule has 0 unspecified atom stereocenters. The van der Waals surface area contributed by atoms with Crippen molar-refractivity contribution >= 4 is 21.6 Å². The lowest BCUT2D eigenvalue weighted by Crippen LogP contribution is -2.31. The van der Waals surface area contributed by atoms with E-state index in [1.54, 1.807) is 0 Å². The number of alkyl halides is 2. The average molecular weight is 424 g/mol. The van der Waals surface area contributed by atoms with Crippen molar-refractivity contribution in [1.82, 2.24) is 4.31 Å². The molecule has 0 spiro atoms. The molecular formula is C20H22F2N2O4S. The molecule has 3 rings (SSSR count). The molecule has 0 saturated carbocycles. The fraction of sp³-hybridized carbons (Fsp3) is 0.350. The lowest BCUT2D eigenvalue weighted by Gasteiger charge is -2.20. The van der Waals surface area contributed by atoms with Crippen molar-refractivity contribution < 1.29 is 26.7 Å². The molecule has 1 heterocycles. The molecule has 0 radical (unpaired) electrons. The summed E-state index contributed by atoms with van der Waals surface area (Å²) in [5.41, 5.74) is 0.686. The van der Waals surface area contributed by atoms with Gasteiger partial charge in [0.15, 0.2) is 0 Å². The lowest BCUT2D eigenvalue weighted by molar-refractivity contribution is -0.0498. The minimum atomic E-state index is -3.55. The number of rotatable bonds is 6. The maximum Gasteiger partial charge on any atom is 0.387 e. The van der Waals surface area contributed by atoms with Crippen LogP contribution < -0.4 is 10.1 Å². The van der Waals surface area contributed by atoms with Crippen LogP contribution in [0.5, 0.6) is 5.75 Å². The Bertz CT molecular complexity index is 924. The number of benzene rings is 2. The quantitative estimate of drug-likeness (QED) is 0.757. The molecule has 1 aliphatic rings. The number of hydrogen-bond donors (Lipinski definition) is 1. The second kappa shape index (κ2) is 9.32. The molecule has 0 atom stereocenters. The summed E-state index contributed by atoms with van der Waals surface area (Å²) in [6.07, 6.45) is 3.78. The molecule has 0 aliphatic carbocycles. The number of sulfonamides is 1. The van der Waals surface area contributed by atoms with Gasteiger partial charge in [-0.1, -0.05) is 12.8 Å². The third-order valence-electron chi connectivity index (χ3n) is 4.66. The predicted molar refractivity (Wildman–Crippen MR) is 105 cm³/mol. The zero-order chi connectivity index (χ0) is 20.9. The summed E-state index contributed by atoms with van der Waals surface area (Å²) in [6.45, 7) is -1.89. The van der Waals surface area contributed by atoms with Gasteiger partial charge in [-0.2, -0.15) is 13.1 Å². The summed E-state index contributed by atoms with van der Waals surface area (Å²) < 4.78 is 55.7. The first-order valence-corrected chi connectivity index (χ1v) is 10.8. The molecule has 0 bridgehead atoms. The molecule has 6 nitrogen and oxygen atoms in total. The van der Waals surface area contributed by atoms with Crippen molar-refractivity contribution in [2.45, 2.75) is 37.2 Å². The summed E-state index contributed by atoms with van der Waals surface area (Å²) in [7, 11) is -3.55. The number of nitrogens with zero attached hydrogens (tertiary/aromatic N) is 1. The van der Waals surface area contributed by atoms with Gasteiger partial charge in [0.1, 0.15) is 5.75 Å². The number of halogens is 2. The van der Waals surface area contributed by atoms with E-state index in [4.69, 9.17) is 0 Å². The van der Waals surface area contributed by atoms with Crippen LogP contribution >= 0.6 is 0 Å². The molecule has 1 fully saturated rings. The van der Waals surface area contributed by atoms with E-state index >= 15 is 0 Å². The van der Waals surface area contributed by atoms with Crippen molar-refractivity contribution in [2.75, 3.05) is 18.4 Å². The van der Waals surface area contributed by atoms with Crippen molar-refractivity contribution in [3.05, 3.63) is 54.1 Å². The van der Waals surface area contributed by atoms with Crippen LogP contribution in [0.15, 0.2) is 53.4 Å². The molecule has 1 aliphatic heterocycles. The van der Waals surface area contributed by atoms with Crippen LogP contribution in [0, 0.1) is 0 Å². The van der Waals surface area contributed by atoms with Gasteiger partial charge in [0.05, 0.1) is 4.90 Å². The summed E-state index contributed by atoms with van der Waals surface area (Å²) in [6, 6.07) is 11.3. The number of anilines is 1. The summed E-state index contributed by atoms with van der Waals surface area (Å²) >= 11 is 0. The van der Waals surface area contributed by atoms with Gasteiger partial charge in [0.2, 0.25) is 10.0 Å². The molecule has 1 N–H and O–H groups in total. The van der Waals surface area contributed by atoms with E-state index in [1.807, 2.05) is 0 Å². The highest BCUT2D eigenvalue weighted by Crippen LogP contribution is 2.22. The Morgan fingerprint density at radius 1 is 0.931 bits per heavy atom. The van der Waals surface area contributed by atoms with Crippen LogP contribution in [0.25, 0.3) is 0 Å². The van der Waals surface area contributed by atoms with Gasteiger partial charge in [-0.3, -0.25) is 4.79 Å². The van der Waals surface area contributed by atoms with Crippen LogP contribution in [0.3, 0.4) is 0 Å². The van der Waals surface area contributed by atoms with E-state index in [0.29, 0.717) is 18.8 Å². The van der Waals surface area contributed by atoms with Crippen molar-refractivity contribution in [1.29, 1.82) is 0 Å². The highest BCUT2D eigenvalue weighted by atomic mass is 32.2. The third-order valence-corrected chi connectivity index (χ3v) is 6.57. The molecule has 2 aromatic carbocycles. The predicted octanol–water partition coefficient (Wildman–Crippen LogP) is 4.11. The highest BCUT2D eigenvalue weighted by molar-refractivity contribution is 7.89. The van der Waals surface area contributed by atoms with Crippen molar-refractivity contribution in [3.8, 4) is 5.75 Å². The van der Waals surface area contributed by atoms with Crippen LogP contribution in [-0.4, -0.2) is 38.3 Å². The second-order valence-electron chi connectivity index (χ2n) is 6.70. The normalized spacial score (nSPS) is 15.7. The third kappa shape index (κ3) is 5.51. The first kappa shape index (κ1) is 21.2. The minimum absolute atomic E-state index is 0.0420. The molecule has 29 heavy (non-hydrogen) atoms. The number of nitrogens with one attached hydrogen (secondary N) is 1. The van der Waals surface area contributed by atoms with E-state index in [0.717, 1.165) is 25.7 Å². The first-order valence-electron chi connectivity index (χ1n) is 9.33. The molecular weight excluding hydrogens is 402 g/mol. The van der Waals surface area contributed by atoms with Gasteiger partial charge in [0, 0.05) is 24.3 Å². The maximum absolute atomic E-state index is 12.8. The molecule has 2 aromatic rings. The van der Waals surface area contributed by atoms with Gasteiger partial charge in [-0.05, 0) is 61.4 Å². The molecule has 9 heteroatoms. The number of hydrogen-bond acceptors (Lipinski definition) is 4. The topological polar surface area (TPSA) is 75.7 Å². The van der Waals surface area contributed by atoms with E-state index in [1.165, 1.54) is 52.8 Å². The van der Waals surface area contributed by atoms with Crippen LogP contribution in [-0.2, 0) is 10.0 Å². The minimum Gasteiger partial charge on any atom is -0.435 e. The maximum atomic E-state index is 12.8. The van der Waals surface area contributed by atoms with Crippen molar-refractivity contribution in [2.24, 2.45) is 0 Å². The van der Waals surface area contributed by atoms with Crippen LogP contribution in [0.4, 0.5) is 14.5 Å². The number of carbonyl (C=O) groups is 1. The van der Waals surface area contributed by atoms with Crippen molar-refractivity contribution in [3.63, 3.8) is 0 Å². The Morgan fingerprint density at radius 2 is 1.52 bits per heavy atom. The zero-order valence-electron chi connectivity index (χ0n) is 15.7. The Morgan fingerprint density at radius 3 is 2.07 bits per heavy atom. The zero-order valence-corrected chi connectivity index (χ0v) is 16.5. The Labute approximate surface area is 168 Å². The van der Waals surface area contributed by atoms with Crippen LogP contribution in [0.2, 0.25) is 0 Å². The van der Waals surface area contributed by atoms with E-state index in [-0.39, 0.29) is 16.2 Å². The number of carbonyl (C=O) groups excluding carboxylic acids is 1. The standard InChI is InChI=1S/C20H22F2N2O4S/c21-20(22)28-17-9-5-15(6-10-17)19(25)23-16-7-11-18(12-8-16)29(26,27)24-13-3-1-2-4-14-24/h5-12,20H,1-4,13-14H2,(H,23,25). The largest absolute Gasteiger partial charge is 0.435 e. The Kier molecular flexibility index (Phi) is 6.81. The second-order valence-corrected chi connectivity index (χ2v) is 8.64. The molecule has 1 amide bonds. The summed E-state index contributed by atoms with van der Waals surface area (Å²) in [5, 5.41) is 2.65. The summed E-state index contributed by atoms with van der Waals surface area (Å²) in [5.74, 6) is -0.489. The highest BCUT2D eigenvalue weighted by Gasteiger charge is 2.25. The van der Waals surface area contributed by atoms with Gasteiger partial charge in [0.25, 0.3) is 5.91 Å². The first-order chi connectivity index (χ1) is 13.9. The van der Waals surface area contributed by atoms with Crippen LogP contribution in [0.1, 0.15) is 36.0 Å². The average Bonchev–Trinajstić information content (AvgIpc) is 2.98. The summed E-state index contributed by atoms with van der Waals surface area (Å²) in [4.78, 5) is 12.5. The van der Waals surface area contributed by atoms with Gasteiger partial charge >= 0.3 is 6.61 Å². The molecule has 156 valence electrons.